The molecule has 1 amide bonds. The predicted octanol–water partition coefficient (Wildman–Crippen LogP) is 0.828. The number of hydrazine groups is 1. The van der Waals surface area contributed by atoms with Gasteiger partial charge in [-0.05, 0) is 24.6 Å². The number of fused-ring (bicyclic) bond motifs is 1. The SMILES string of the molecule is CC(C(=O)NN(C)C)c1ccc2oc(=O)n(C)c2c1. The monoisotopic (exact) mass is 263 g/mol. The van der Waals surface area contributed by atoms with Crippen LogP contribution in [0.2, 0.25) is 0 Å². The maximum absolute atomic E-state index is 11.9. The summed E-state index contributed by atoms with van der Waals surface area (Å²) in [5.74, 6) is -0.813. The Morgan fingerprint density at radius 3 is 2.74 bits per heavy atom. The van der Waals surface area contributed by atoms with Crippen molar-refractivity contribution in [2.75, 3.05) is 14.1 Å². The zero-order valence-electron chi connectivity index (χ0n) is 11.4. The van der Waals surface area contributed by atoms with Crippen LogP contribution in [0.15, 0.2) is 27.4 Å². The van der Waals surface area contributed by atoms with E-state index in [9.17, 15) is 9.59 Å². The Balaban J connectivity index is 2.37. The van der Waals surface area contributed by atoms with Crippen molar-refractivity contribution in [2.45, 2.75) is 12.8 Å². The quantitative estimate of drug-likeness (QED) is 0.833. The molecule has 6 heteroatoms. The number of carbonyl (C=O) groups excluding carboxylic acids is 1. The van der Waals surface area contributed by atoms with Gasteiger partial charge in [-0.1, -0.05) is 6.07 Å². The molecular formula is C13H17N3O3. The largest absolute Gasteiger partial charge is 0.419 e. The number of hydrogen-bond acceptors (Lipinski definition) is 4. The summed E-state index contributed by atoms with van der Waals surface area (Å²) in [6, 6.07) is 5.32. The van der Waals surface area contributed by atoms with Gasteiger partial charge < -0.3 is 4.42 Å². The topological polar surface area (TPSA) is 67.5 Å². The van der Waals surface area contributed by atoms with Crippen LogP contribution >= 0.6 is 0 Å². The fourth-order valence-electron chi connectivity index (χ4n) is 1.88. The summed E-state index contributed by atoms with van der Waals surface area (Å²) in [6.45, 7) is 1.82. The Labute approximate surface area is 110 Å². The van der Waals surface area contributed by atoms with Gasteiger partial charge in [-0.3, -0.25) is 14.8 Å². The van der Waals surface area contributed by atoms with Crippen molar-refractivity contribution in [3.8, 4) is 0 Å². The Morgan fingerprint density at radius 2 is 2.11 bits per heavy atom. The van der Waals surface area contributed by atoms with Crippen LogP contribution in [0.1, 0.15) is 18.4 Å². The number of amides is 1. The van der Waals surface area contributed by atoms with Gasteiger partial charge in [-0.25, -0.2) is 9.80 Å². The third-order valence-corrected chi connectivity index (χ3v) is 3.04. The van der Waals surface area contributed by atoms with Gasteiger partial charge in [0.25, 0.3) is 0 Å². The van der Waals surface area contributed by atoms with E-state index in [2.05, 4.69) is 5.43 Å². The molecule has 19 heavy (non-hydrogen) atoms. The number of nitrogens with zero attached hydrogens (tertiary/aromatic N) is 2. The number of rotatable bonds is 3. The standard InChI is InChI=1S/C13H17N3O3/c1-8(12(17)14-15(2)3)9-5-6-11-10(7-9)16(4)13(18)19-11/h5-8H,1-4H3,(H,14,17). The summed E-state index contributed by atoms with van der Waals surface area (Å²) in [5.41, 5.74) is 4.76. The van der Waals surface area contributed by atoms with E-state index in [1.807, 2.05) is 6.92 Å². The molecule has 0 bridgehead atoms. The van der Waals surface area contributed by atoms with Gasteiger partial charge in [0, 0.05) is 21.1 Å². The highest BCUT2D eigenvalue weighted by molar-refractivity contribution is 5.84. The molecule has 0 fully saturated rings. The summed E-state index contributed by atoms with van der Waals surface area (Å²) < 4.78 is 6.48. The molecule has 0 saturated carbocycles. The highest BCUT2D eigenvalue weighted by atomic mass is 16.4. The predicted molar refractivity (Wildman–Crippen MR) is 71.7 cm³/mol. The normalized spacial score (nSPS) is 12.9. The number of carbonyl (C=O) groups is 1. The van der Waals surface area contributed by atoms with Gasteiger partial charge >= 0.3 is 5.76 Å². The van der Waals surface area contributed by atoms with E-state index < -0.39 is 5.76 Å². The lowest BCUT2D eigenvalue weighted by atomic mass is 10.0. The number of oxazole rings is 1. The third kappa shape index (κ3) is 2.53. The average molecular weight is 263 g/mol. The molecule has 1 aromatic carbocycles. The fourth-order valence-corrected chi connectivity index (χ4v) is 1.88. The zero-order chi connectivity index (χ0) is 14.2. The van der Waals surface area contributed by atoms with Crippen LogP contribution in [0, 0.1) is 0 Å². The Kier molecular flexibility index (Phi) is 3.44. The second kappa shape index (κ2) is 4.89. The van der Waals surface area contributed by atoms with Crippen LogP contribution in [-0.4, -0.2) is 29.6 Å². The van der Waals surface area contributed by atoms with Crippen LogP contribution in [-0.2, 0) is 11.8 Å². The van der Waals surface area contributed by atoms with Gasteiger partial charge in [-0.2, -0.15) is 0 Å². The van der Waals surface area contributed by atoms with E-state index in [0.29, 0.717) is 11.1 Å². The van der Waals surface area contributed by atoms with Gasteiger partial charge in [0.2, 0.25) is 5.91 Å². The molecule has 1 unspecified atom stereocenters. The first-order valence-electron chi connectivity index (χ1n) is 5.97. The number of aromatic nitrogens is 1. The Morgan fingerprint density at radius 1 is 1.42 bits per heavy atom. The summed E-state index contributed by atoms with van der Waals surface area (Å²) in [5, 5.41) is 1.60. The molecule has 2 rings (SSSR count). The molecule has 0 radical (unpaired) electrons. The third-order valence-electron chi connectivity index (χ3n) is 3.04. The first kappa shape index (κ1) is 13.4. The molecule has 6 nitrogen and oxygen atoms in total. The van der Waals surface area contributed by atoms with Gasteiger partial charge in [0.05, 0.1) is 11.4 Å². The van der Waals surface area contributed by atoms with E-state index >= 15 is 0 Å². The van der Waals surface area contributed by atoms with E-state index in [-0.39, 0.29) is 11.8 Å². The van der Waals surface area contributed by atoms with Crippen molar-refractivity contribution in [2.24, 2.45) is 7.05 Å². The van der Waals surface area contributed by atoms with Crippen LogP contribution in [0.4, 0.5) is 0 Å². The van der Waals surface area contributed by atoms with Crippen molar-refractivity contribution < 1.29 is 9.21 Å². The second-order valence-electron chi connectivity index (χ2n) is 4.75. The van der Waals surface area contributed by atoms with Crippen molar-refractivity contribution in [3.63, 3.8) is 0 Å². The molecular weight excluding hydrogens is 246 g/mol. The fraction of sp³-hybridized carbons (Fsp3) is 0.385. The van der Waals surface area contributed by atoms with Gasteiger partial charge in [-0.15, -0.1) is 0 Å². The molecule has 0 spiro atoms. The molecule has 0 aliphatic rings. The summed E-state index contributed by atoms with van der Waals surface area (Å²) in [6.07, 6.45) is 0. The maximum Gasteiger partial charge on any atom is 0.419 e. The minimum Gasteiger partial charge on any atom is -0.408 e. The van der Waals surface area contributed by atoms with Crippen molar-refractivity contribution in [1.29, 1.82) is 0 Å². The Hall–Kier alpha value is -2.08. The molecule has 1 aromatic heterocycles. The maximum atomic E-state index is 11.9. The van der Waals surface area contributed by atoms with Crippen LogP contribution in [0.3, 0.4) is 0 Å². The number of hydrogen-bond donors (Lipinski definition) is 1. The molecule has 0 aliphatic carbocycles. The first-order chi connectivity index (χ1) is 8.90. The molecule has 0 aliphatic heterocycles. The number of benzene rings is 1. The van der Waals surface area contributed by atoms with Crippen LogP contribution in [0.5, 0.6) is 0 Å². The second-order valence-corrected chi connectivity index (χ2v) is 4.75. The molecule has 1 N–H and O–H groups in total. The van der Waals surface area contributed by atoms with Gasteiger partial charge in [0.15, 0.2) is 5.58 Å². The van der Waals surface area contributed by atoms with Crippen molar-refractivity contribution in [1.82, 2.24) is 15.0 Å². The van der Waals surface area contributed by atoms with E-state index in [1.165, 1.54) is 4.57 Å². The van der Waals surface area contributed by atoms with E-state index in [1.54, 1.807) is 44.4 Å². The minimum absolute atomic E-state index is 0.0992. The minimum atomic E-state index is -0.405. The number of aryl methyl sites for hydroxylation is 1. The lowest BCUT2D eigenvalue weighted by Gasteiger charge is -2.16. The Bertz CT molecular complexity index is 669. The highest BCUT2D eigenvalue weighted by Crippen LogP contribution is 2.21. The van der Waals surface area contributed by atoms with Gasteiger partial charge in [0.1, 0.15) is 0 Å². The molecule has 1 heterocycles. The van der Waals surface area contributed by atoms with Crippen molar-refractivity contribution >= 4 is 17.0 Å². The van der Waals surface area contributed by atoms with E-state index in [0.717, 1.165) is 5.56 Å². The summed E-state index contributed by atoms with van der Waals surface area (Å²) in [4.78, 5) is 23.3. The van der Waals surface area contributed by atoms with Crippen LogP contribution in [0.25, 0.3) is 11.1 Å². The molecule has 0 saturated heterocycles. The van der Waals surface area contributed by atoms with E-state index in [4.69, 9.17) is 4.42 Å². The van der Waals surface area contributed by atoms with Crippen LogP contribution < -0.4 is 11.2 Å². The van der Waals surface area contributed by atoms with Crippen molar-refractivity contribution in [3.05, 3.63) is 34.3 Å². The first-order valence-corrected chi connectivity index (χ1v) is 5.97. The summed E-state index contributed by atoms with van der Waals surface area (Å²) >= 11 is 0. The molecule has 1 atom stereocenters. The highest BCUT2D eigenvalue weighted by Gasteiger charge is 2.17. The smallest absolute Gasteiger partial charge is 0.408 e. The average Bonchev–Trinajstić information content (AvgIpc) is 2.63. The summed E-state index contributed by atoms with van der Waals surface area (Å²) in [7, 11) is 5.16. The lowest BCUT2D eigenvalue weighted by Crippen LogP contribution is -2.38. The molecule has 2 aromatic rings. The molecule has 102 valence electrons. The lowest BCUT2D eigenvalue weighted by molar-refractivity contribution is -0.125. The zero-order valence-corrected chi connectivity index (χ0v) is 11.4. The number of nitrogens with one attached hydrogen (secondary N) is 1.